The zero-order valence-electron chi connectivity index (χ0n) is 17.6. The fraction of sp³-hybridized carbons (Fsp3) is 0.333. The van der Waals surface area contributed by atoms with E-state index in [1.807, 2.05) is 30.1 Å². The van der Waals surface area contributed by atoms with Gasteiger partial charge in [0.25, 0.3) is 0 Å². The molecular weight excluding hydrogens is 374 g/mol. The highest BCUT2D eigenvalue weighted by Gasteiger charge is 2.28. The average Bonchev–Trinajstić information content (AvgIpc) is 3.09. The quantitative estimate of drug-likeness (QED) is 0.643. The third-order valence-electron chi connectivity index (χ3n) is 6.16. The van der Waals surface area contributed by atoms with Crippen LogP contribution in [0.15, 0.2) is 48.8 Å². The number of carbonyl (C=O) groups excluding carboxylic acids is 1. The number of carbonyl (C=O) groups is 1. The van der Waals surface area contributed by atoms with E-state index < -0.39 is 0 Å². The van der Waals surface area contributed by atoms with Crippen molar-refractivity contribution in [2.75, 3.05) is 22.1 Å². The molecule has 6 heteroatoms. The van der Waals surface area contributed by atoms with Gasteiger partial charge in [0.2, 0.25) is 5.91 Å². The Morgan fingerprint density at radius 3 is 2.77 bits per heavy atom. The number of hydrogen-bond acceptors (Lipinski definition) is 4. The van der Waals surface area contributed by atoms with Crippen LogP contribution in [0.3, 0.4) is 0 Å². The van der Waals surface area contributed by atoms with Crippen LogP contribution in [0.1, 0.15) is 38.2 Å². The van der Waals surface area contributed by atoms with Gasteiger partial charge in [-0.1, -0.05) is 19.1 Å². The van der Waals surface area contributed by atoms with Crippen LogP contribution >= 0.6 is 0 Å². The third-order valence-corrected chi connectivity index (χ3v) is 6.16. The number of aromatic nitrogens is 2. The van der Waals surface area contributed by atoms with E-state index in [1.54, 1.807) is 0 Å². The lowest BCUT2D eigenvalue weighted by atomic mass is 9.89. The fourth-order valence-corrected chi connectivity index (χ4v) is 4.59. The second kappa shape index (κ2) is 7.20. The molecule has 3 heterocycles. The zero-order chi connectivity index (χ0) is 20.8. The van der Waals surface area contributed by atoms with Crippen molar-refractivity contribution in [3.8, 4) is 11.1 Å². The van der Waals surface area contributed by atoms with E-state index in [4.69, 9.17) is 0 Å². The highest BCUT2D eigenvalue weighted by Crippen LogP contribution is 2.45. The van der Waals surface area contributed by atoms with Crippen molar-refractivity contribution in [2.24, 2.45) is 7.05 Å². The summed E-state index contributed by atoms with van der Waals surface area (Å²) in [5.41, 5.74) is 7.90. The number of nitrogens with zero attached hydrogens (tertiary/aromatic N) is 3. The summed E-state index contributed by atoms with van der Waals surface area (Å²) in [7, 11) is 1.94. The van der Waals surface area contributed by atoms with Crippen molar-refractivity contribution >= 4 is 28.7 Å². The monoisotopic (exact) mass is 401 g/mol. The molecule has 3 aromatic rings. The SMILES string of the molecule is CC1CCN(c2cccc3c2N[C@@H](C)CC(=O)N3)c2ccc(-c3cnn(C)c3)cc21. The molecule has 0 fully saturated rings. The summed E-state index contributed by atoms with van der Waals surface area (Å²) in [5, 5.41) is 10.9. The van der Waals surface area contributed by atoms with Crippen LogP contribution in [0.4, 0.5) is 22.7 Å². The predicted octanol–water partition coefficient (Wildman–Crippen LogP) is 4.88. The maximum atomic E-state index is 12.2. The van der Waals surface area contributed by atoms with Gasteiger partial charge in [0.1, 0.15) is 0 Å². The summed E-state index contributed by atoms with van der Waals surface area (Å²) in [5.74, 6) is 0.543. The number of anilines is 4. The molecule has 6 nitrogen and oxygen atoms in total. The number of nitrogens with one attached hydrogen (secondary N) is 2. The molecule has 1 amide bonds. The lowest BCUT2D eigenvalue weighted by Crippen LogP contribution is -2.27. The minimum Gasteiger partial charge on any atom is -0.379 e. The Kier molecular flexibility index (Phi) is 4.50. The summed E-state index contributed by atoms with van der Waals surface area (Å²) >= 11 is 0. The summed E-state index contributed by atoms with van der Waals surface area (Å²) in [6.07, 6.45) is 5.52. The van der Waals surface area contributed by atoms with Gasteiger partial charge >= 0.3 is 0 Å². The fourth-order valence-electron chi connectivity index (χ4n) is 4.59. The van der Waals surface area contributed by atoms with E-state index in [9.17, 15) is 4.79 Å². The van der Waals surface area contributed by atoms with E-state index in [1.165, 1.54) is 16.8 Å². The van der Waals surface area contributed by atoms with Gasteiger partial charge in [-0.25, -0.2) is 0 Å². The van der Waals surface area contributed by atoms with E-state index in [-0.39, 0.29) is 11.9 Å². The smallest absolute Gasteiger partial charge is 0.226 e. The standard InChI is InChI=1S/C24H27N5O/c1-15-9-10-29(21-8-7-17(12-19(15)21)18-13-25-28(3)14-18)22-6-4-5-20-24(22)26-16(2)11-23(30)27-20/h4-8,12-16,26H,9-11H2,1-3H3,(H,27,30)/t15?,16-/m0/s1. The molecule has 5 rings (SSSR count). The molecule has 0 spiro atoms. The number of amides is 1. The van der Waals surface area contributed by atoms with Gasteiger partial charge in [0.05, 0.1) is 23.3 Å². The van der Waals surface area contributed by atoms with E-state index in [2.05, 4.69) is 64.9 Å². The van der Waals surface area contributed by atoms with Crippen LogP contribution in [-0.2, 0) is 11.8 Å². The molecule has 0 saturated carbocycles. The minimum atomic E-state index is 0.0553. The number of benzene rings is 2. The first kappa shape index (κ1) is 18.7. The van der Waals surface area contributed by atoms with Gasteiger partial charge in [0, 0.05) is 43.5 Å². The van der Waals surface area contributed by atoms with Crippen molar-refractivity contribution in [2.45, 2.75) is 38.6 Å². The lowest BCUT2D eigenvalue weighted by molar-refractivity contribution is -0.116. The largest absolute Gasteiger partial charge is 0.379 e. The number of rotatable bonds is 2. The highest BCUT2D eigenvalue weighted by molar-refractivity contribution is 6.00. The van der Waals surface area contributed by atoms with Crippen molar-refractivity contribution in [1.29, 1.82) is 0 Å². The van der Waals surface area contributed by atoms with E-state index >= 15 is 0 Å². The van der Waals surface area contributed by atoms with Crippen LogP contribution in [0.25, 0.3) is 11.1 Å². The Labute approximate surface area is 176 Å². The van der Waals surface area contributed by atoms with E-state index in [0.717, 1.165) is 35.6 Å². The maximum Gasteiger partial charge on any atom is 0.226 e. The van der Waals surface area contributed by atoms with E-state index in [0.29, 0.717) is 12.3 Å². The lowest BCUT2D eigenvalue weighted by Gasteiger charge is -2.36. The molecule has 2 aromatic carbocycles. The van der Waals surface area contributed by atoms with Crippen LogP contribution in [-0.4, -0.2) is 28.3 Å². The van der Waals surface area contributed by atoms with Gasteiger partial charge in [0.15, 0.2) is 0 Å². The van der Waals surface area contributed by atoms with Crippen molar-refractivity contribution in [3.05, 3.63) is 54.4 Å². The molecule has 2 atom stereocenters. The Balaban J connectivity index is 1.59. The molecule has 0 radical (unpaired) electrons. The van der Waals surface area contributed by atoms with Crippen molar-refractivity contribution in [1.82, 2.24) is 9.78 Å². The molecule has 0 saturated heterocycles. The molecule has 1 aromatic heterocycles. The number of aryl methyl sites for hydroxylation is 1. The molecule has 30 heavy (non-hydrogen) atoms. The van der Waals surface area contributed by atoms with Crippen LogP contribution in [0, 0.1) is 0 Å². The highest BCUT2D eigenvalue weighted by atomic mass is 16.1. The summed E-state index contributed by atoms with van der Waals surface area (Å²) in [4.78, 5) is 14.6. The molecule has 2 aliphatic rings. The maximum absolute atomic E-state index is 12.2. The topological polar surface area (TPSA) is 62.2 Å². The van der Waals surface area contributed by atoms with Gasteiger partial charge in [-0.05, 0) is 54.7 Å². The van der Waals surface area contributed by atoms with Gasteiger partial charge in [-0.2, -0.15) is 5.10 Å². The number of fused-ring (bicyclic) bond motifs is 2. The minimum absolute atomic E-state index is 0.0553. The van der Waals surface area contributed by atoms with Crippen LogP contribution in [0.2, 0.25) is 0 Å². The summed E-state index contributed by atoms with van der Waals surface area (Å²) < 4.78 is 1.84. The Bertz CT molecular complexity index is 1120. The second-order valence-corrected chi connectivity index (χ2v) is 8.52. The summed E-state index contributed by atoms with van der Waals surface area (Å²) in [6.45, 7) is 5.30. The first-order valence-corrected chi connectivity index (χ1v) is 10.6. The number of para-hydroxylation sites is 1. The molecule has 0 aliphatic carbocycles. The van der Waals surface area contributed by atoms with Gasteiger partial charge < -0.3 is 15.5 Å². The third kappa shape index (κ3) is 3.22. The molecule has 154 valence electrons. The van der Waals surface area contributed by atoms with Crippen LogP contribution in [0.5, 0.6) is 0 Å². The first-order chi connectivity index (χ1) is 14.5. The van der Waals surface area contributed by atoms with Crippen molar-refractivity contribution < 1.29 is 4.79 Å². The van der Waals surface area contributed by atoms with Crippen LogP contribution < -0.4 is 15.5 Å². The number of hydrogen-bond donors (Lipinski definition) is 2. The van der Waals surface area contributed by atoms with Gasteiger partial charge in [-0.15, -0.1) is 0 Å². The van der Waals surface area contributed by atoms with Crippen molar-refractivity contribution in [3.63, 3.8) is 0 Å². The predicted molar refractivity (Wildman–Crippen MR) is 121 cm³/mol. The molecule has 0 bridgehead atoms. The molecular formula is C24H27N5O. The van der Waals surface area contributed by atoms with Gasteiger partial charge in [-0.3, -0.25) is 9.48 Å². The molecule has 2 aliphatic heterocycles. The molecule has 2 N–H and O–H groups in total. The summed E-state index contributed by atoms with van der Waals surface area (Å²) in [6, 6.07) is 12.9. The Morgan fingerprint density at radius 2 is 1.97 bits per heavy atom. The Hall–Kier alpha value is -3.28. The molecule has 1 unspecified atom stereocenters. The first-order valence-electron chi connectivity index (χ1n) is 10.6. The Morgan fingerprint density at radius 1 is 1.10 bits per heavy atom. The zero-order valence-corrected chi connectivity index (χ0v) is 17.6. The average molecular weight is 402 g/mol. The normalized spacial score (nSPS) is 20.6. The second-order valence-electron chi connectivity index (χ2n) is 8.52.